The Morgan fingerprint density at radius 3 is 2.84 bits per heavy atom. The average Bonchev–Trinajstić information content (AvgIpc) is 3.36. The van der Waals surface area contributed by atoms with Gasteiger partial charge in [-0.25, -0.2) is 9.97 Å². The number of nitrogens with two attached hydrogens (primary N) is 1. The summed E-state index contributed by atoms with van der Waals surface area (Å²) in [7, 11) is 1.62. The molecule has 0 unspecified atom stereocenters. The number of methoxy groups -OCH3 is 1. The zero-order valence-electron chi connectivity index (χ0n) is 17.6. The molecule has 3 heterocycles. The van der Waals surface area contributed by atoms with Crippen molar-refractivity contribution < 1.29 is 9.53 Å². The number of aromatic nitrogens is 3. The fourth-order valence-electron chi connectivity index (χ4n) is 3.34. The molecule has 0 spiro atoms. The Hall–Kier alpha value is -2.43. The smallest absolute Gasteiger partial charge is 0.225 e. The molecule has 1 amide bonds. The molecule has 3 aromatic heterocycles. The number of fused-ring (bicyclic) bond motifs is 1. The molecule has 0 fully saturated rings. The quantitative estimate of drug-likeness (QED) is 0.392. The molecule has 0 aliphatic carbocycles. The highest BCUT2D eigenvalue weighted by Crippen LogP contribution is 2.39. The summed E-state index contributed by atoms with van der Waals surface area (Å²) >= 11 is 9.04. The minimum atomic E-state index is -0.274. The molecular weight excluding hydrogens is 466 g/mol. The standard InChI is InChI=1S/C22H22ClN5O2S2/c1-13(29)28(11-16(24)9-14-4-3-5-15(23)8-14)22-27-18(12-30-2)20(32-22)21-26-17-6-7-25-10-19(17)31-21/h3-8,10,16H,9,11-12,24H2,1-2H3/t16-/m0/s1. The van der Waals surface area contributed by atoms with Gasteiger partial charge in [0, 0.05) is 44.0 Å². The van der Waals surface area contributed by atoms with Gasteiger partial charge < -0.3 is 10.5 Å². The van der Waals surface area contributed by atoms with Gasteiger partial charge in [-0.1, -0.05) is 35.1 Å². The summed E-state index contributed by atoms with van der Waals surface area (Å²) in [6.45, 7) is 2.18. The van der Waals surface area contributed by atoms with Gasteiger partial charge in [0.15, 0.2) is 5.13 Å². The minimum absolute atomic E-state index is 0.121. The van der Waals surface area contributed by atoms with E-state index in [0.717, 1.165) is 31.4 Å². The van der Waals surface area contributed by atoms with Crippen LogP contribution in [-0.2, 0) is 22.6 Å². The molecule has 0 saturated heterocycles. The van der Waals surface area contributed by atoms with Gasteiger partial charge in [-0.05, 0) is 30.2 Å². The molecule has 32 heavy (non-hydrogen) atoms. The molecule has 2 N–H and O–H groups in total. The molecule has 4 aromatic rings. The van der Waals surface area contributed by atoms with Gasteiger partial charge in [0.25, 0.3) is 0 Å². The summed E-state index contributed by atoms with van der Waals surface area (Å²) in [4.78, 5) is 28.6. The van der Waals surface area contributed by atoms with E-state index in [0.29, 0.717) is 29.7 Å². The minimum Gasteiger partial charge on any atom is -0.378 e. The Kier molecular flexibility index (Phi) is 7.12. The zero-order chi connectivity index (χ0) is 22.7. The normalized spacial score (nSPS) is 12.2. The third kappa shape index (κ3) is 5.13. The number of anilines is 1. The van der Waals surface area contributed by atoms with Crippen molar-refractivity contribution in [1.29, 1.82) is 0 Å². The van der Waals surface area contributed by atoms with Crippen LogP contribution in [0.2, 0.25) is 5.02 Å². The number of hydrogen-bond donors (Lipinski definition) is 1. The molecule has 4 rings (SSSR count). The van der Waals surface area contributed by atoms with Crippen LogP contribution in [0.1, 0.15) is 18.2 Å². The summed E-state index contributed by atoms with van der Waals surface area (Å²) in [6, 6.07) is 9.19. The monoisotopic (exact) mass is 487 g/mol. The van der Waals surface area contributed by atoms with Crippen LogP contribution in [0, 0.1) is 0 Å². The number of ether oxygens (including phenoxy) is 1. The number of halogens is 1. The van der Waals surface area contributed by atoms with Crippen molar-refractivity contribution in [2.45, 2.75) is 26.0 Å². The number of carbonyl (C=O) groups is 1. The van der Waals surface area contributed by atoms with E-state index >= 15 is 0 Å². The number of pyridine rings is 1. The van der Waals surface area contributed by atoms with Gasteiger partial charge in [-0.3, -0.25) is 14.7 Å². The summed E-state index contributed by atoms with van der Waals surface area (Å²) in [5.41, 5.74) is 9.04. The van der Waals surface area contributed by atoms with E-state index in [-0.39, 0.29) is 11.9 Å². The second-order valence-corrected chi connectivity index (χ2v) is 9.74. The Bertz CT molecular complexity index is 1210. The number of nitrogens with zero attached hydrogens (tertiary/aromatic N) is 4. The number of carbonyl (C=O) groups excluding carboxylic acids is 1. The van der Waals surface area contributed by atoms with Crippen molar-refractivity contribution in [3.05, 3.63) is 59.0 Å². The molecule has 0 aliphatic heterocycles. The van der Waals surface area contributed by atoms with Crippen LogP contribution in [0.3, 0.4) is 0 Å². The number of rotatable bonds is 8. The lowest BCUT2D eigenvalue weighted by atomic mass is 10.1. The molecule has 10 heteroatoms. The second-order valence-electron chi connectivity index (χ2n) is 7.29. The molecule has 0 bridgehead atoms. The second kappa shape index (κ2) is 10.0. The summed E-state index contributed by atoms with van der Waals surface area (Å²) in [5, 5.41) is 2.08. The first kappa shape index (κ1) is 22.8. The summed E-state index contributed by atoms with van der Waals surface area (Å²) < 4.78 is 6.35. The van der Waals surface area contributed by atoms with Gasteiger partial charge >= 0.3 is 0 Å². The number of hydrogen-bond acceptors (Lipinski definition) is 8. The molecule has 0 saturated carbocycles. The predicted molar refractivity (Wildman–Crippen MR) is 130 cm³/mol. The van der Waals surface area contributed by atoms with Crippen LogP contribution >= 0.6 is 34.3 Å². The van der Waals surface area contributed by atoms with Crippen LogP contribution in [0.4, 0.5) is 5.13 Å². The maximum atomic E-state index is 12.5. The maximum absolute atomic E-state index is 12.5. The third-order valence-electron chi connectivity index (χ3n) is 4.77. The van der Waals surface area contributed by atoms with E-state index in [1.165, 1.54) is 18.3 Å². The highest BCUT2D eigenvalue weighted by atomic mass is 35.5. The predicted octanol–water partition coefficient (Wildman–Crippen LogP) is 4.54. The third-order valence-corrected chi connectivity index (χ3v) is 7.28. The van der Waals surface area contributed by atoms with E-state index in [1.807, 2.05) is 30.3 Å². The fourth-order valence-corrected chi connectivity index (χ4v) is 5.71. The van der Waals surface area contributed by atoms with Crippen LogP contribution in [-0.4, -0.2) is 40.6 Å². The van der Waals surface area contributed by atoms with Crippen LogP contribution in [0.5, 0.6) is 0 Å². The molecule has 166 valence electrons. The van der Waals surface area contributed by atoms with E-state index in [1.54, 1.807) is 35.7 Å². The molecule has 7 nitrogen and oxygen atoms in total. The van der Waals surface area contributed by atoms with Crippen LogP contribution < -0.4 is 10.6 Å². The Balaban J connectivity index is 1.62. The lowest BCUT2D eigenvalue weighted by Crippen LogP contribution is -2.41. The first-order valence-electron chi connectivity index (χ1n) is 9.92. The summed E-state index contributed by atoms with van der Waals surface area (Å²) in [6.07, 6.45) is 4.11. The zero-order valence-corrected chi connectivity index (χ0v) is 20.0. The van der Waals surface area contributed by atoms with Gasteiger partial charge in [0.1, 0.15) is 5.01 Å². The summed E-state index contributed by atoms with van der Waals surface area (Å²) in [5.74, 6) is -0.121. The molecule has 0 aliphatic rings. The van der Waals surface area contributed by atoms with Gasteiger partial charge in [-0.2, -0.15) is 0 Å². The van der Waals surface area contributed by atoms with E-state index < -0.39 is 0 Å². The first-order valence-corrected chi connectivity index (χ1v) is 11.9. The highest BCUT2D eigenvalue weighted by Gasteiger charge is 2.24. The Morgan fingerprint density at radius 1 is 1.28 bits per heavy atom. The van der Waals surface area contributed by atoms with E-state index in [2.05, 4.69) is 4.98 Å². The van der Waals surface area contributed by atoms with Crippen LogP contribution in [0.15, 0.2) is 42.7 Å². The van der Waals surface area contributed by atoms with E-state index in [4.69, 9.17) is 32.0 Å². The first-order chi connectivity index (χ1) is 15.4. The van der Waals surface area contributed by atoms with Crippen molar-refractivity contribution in [2.75, 3.05) is 18.6 Å². The van der Waals surface area contributed by atoms with Gasteiger partial charge in [0.2, 0.25) is 5.91 Å². The topological polar surface area (TPSA) is 94.2 Å². The Morgan fingerprint density at radius 2 is 2.12 bits per heavy atom. The number of benzene rings is 1. The lowest BCUT2D eigenvalue weighted by molar-refractivity contribution is -0.116. The molecular formula is C22H22ClN5O2S2. The van der Waals surface area contributed by atoms with Gasteiger partial charge in [0.05, 0.1) is 27.4 Å². The SMILES string of the molecule is COCc1nc(N(C[C@@H](N)Cc2cccc(Cl)c2)C(C)=O)sc1-c1nc2ccncc2s1. The average molecular weight is 488 g/mol. The van der Waals surface area contributed by atoms with Crippen molar-refractivity contribution in [3.8, 4) is 9.88 Å². The molecule has 1 aromatic carbocycles. The van der Waals surface area contributed by atoms with E-state index in [9.17, 15) is 4.79 Å². The lowest BCUT2D eigenvalue weighted by Gasteiger charge is -2.22. The Labute approximate surface area is 198 Å². The van der Waals surface area contributed by atoms with Crippen molar-refractivity contribution in [2.24, 2.45) is 5.73 Å². The van der Waals surface area contributed by atoms with Crippen molar-refractivity contribution >= 4 is 55.5 Å². The number of thiazole rings is 2. The largest absolute Gasteiger partial charge is 0.378 e. The fraction of sp³-hybridized carbons (Fsp3) is 0.273. The highest BCUT2D eigenvalue weighted by molar-refractivity contribution is 7.26. The van der Waals surface area contributed by atoms with Gasteiger partial charge in [-0.15, -0.1) is 11.3 Å². The maximum Gasteiger partial charge on any atom is 0.225 e. The molecule has 1 atom stereocenters. The number of amides is 1. The van der Waals surface area contributed by atoms with Crippen molar-refractivity contribution in [1.82, 2.24) is 15.0 Å². The van der Waals surface area contributed by atoms with Crippen molar-refractivity contribution in [3.63, 3.8) is 0 Å². The molecule has 0 radical (unpaired) electrons. The van der Waals surface area contributed by atoms with Crippen LogP contribution in [0.25, 0.3) is 20.1 Å².